The molecule has 1 N–H and O–H groups in total. The van der Waals surface area contributed by atoms with E-state index >= 15 is 0 Å². The summed E-state index contributed by atoms with van der Waals surface area (Å²) in [6.07, 6.45) is 7.24. The van der Waals surface area contributed by atoms with Gasteiger partial charge in [-0.15, -0.1) is 11.3 Å². The summed E-state index contributed by atoms with van der Waals surface area (Å²) in [5.41, 5.74) is 2.88. The van der Waals surface area contributed by atoms with Crippen LogP contribution in [0, 0.1) is 0 Å². The van der Waals surface area contributed by atoms with Gasteiger partial charge in [-0.25, -0.2) is 4.98 Å². The first kappa shape index (κ1) is 23.1. The number of hydrogen-bond acceptors (Lipinski definition) is 7. The maximum atomic E-state index is 12.3. The van der Waals surface area contributed by atoms with Crippen LogP contribution in [0.15, 0.2) is 60.2 Å². The fourth-order valence-electron chi connectivity index (χ4n) is 3.72. The number of pyridine rings is 1. The number of anilines is 1. The Morgan fingerprint density at radius 1 is 1.24 bits per heavy atom. The lowest BCUT2D eigenvalue weighted by Crippen LogP contribution is -2.44. The lowest BCUT2D eigenvalue weighted by Gasteiger charge is -2.34. The SMILES string of the molecule is CC1CN(Cc2csc(NC(=O)/C=C/c3ccc(OCc4cccnc4)cc3)n2)CC(C)O1. The number of nitrogens with one attached hydrogen (secondary N) is 1. The van der Waals surface area contributed by atoms with E-state index < -0.39 is 0 Å². The van der Waals surface area contributed by atoms with E-state index in [4.69, 9.17) is 9.47 Å². The van der Waals surface area contributed by atoms with Crippen molar-refractivity contribution in [1.29, 1.82) is 0 Å². The molecule has 0 radical (unpaired) electrons. The van der Waals surface area contributed by atoms with E-state index in [2.05, 4.69) is 34.0 Å². The summed E-state index contributed by atoms with van der Waals surface area (Å²) in [5.74, 6) is 0.557. The molecule has 3 heterocycles. The molecule has 8 heteroatoms. The minimum Gasteiger partial charge on any atom is -0.489 e. The van der Waals surface area contributed by atoms with E-state index in [1.54, 1.807) is 18.5 Å². The van der Waals surface area contributed by atoms with Crippen molar-refractivity contribution in [2.75, 3.05) is 18.4 Å². The van der Waals surface area contributed by atoms with Crippen LogP contribution in [0.25, 0.3) is 6.08 Å². The van der Waals surface area contributed by atoms with Crippen LogP contribution in [-0.2, 0) is 22.7 Å². The van der Waals surface area contributed by atoms with Crippen LogP contribution in [-0.4, -0.2) is 46.1 Å². The molecule has 1 saturated heterocycles. The van der Waals surface area contributed by atoms with Crippen molar-refractivity contribution in [3.05, 3.63) is 77.1 Å². The highest BCUT2D eigenvalue weighted by atomic mass is 32.1. The molecule has 1 aromatic carbocycles. The first-order valence-corrected chi connectivity index (χ1v) is 11.8. The third kappa shape index (κ3) is 7.21. The minimum absolute atomic E-state index is 0.207. The van der Waals surface area contributed by atoms with Crippen LogP contribution in [0.2, 0.25) is 0 Å². The van der Waals surface area contributed by atoms with Gasteiger partial charge in [-0.2, -0.15) is 0 Å². The van der Waals surface area contributed by atoms with Gasteiger partial charge in [0.2, 0.25) is 5.91 Å². The van der Waals surface area contributed by atoms with Gasteiger partial charge in [0.05, 0.1) is 17.9 Å². The summed E-state index contributed by atoms with van der Waals surface area (Å²) in [4.78, 5) is 23.3. The van der Waals surface area contributed by atoms with E-state index in [-0.39, 0.29) is 18.1 Å². The average Bonchev–Trinajstić information content (AvgIpc) is 3.23. The predicted octanol–water partition coefficient (Wildman–Crippen LogP) is 4.38. The summed E-state index contributed by atoms with van der Waals surface area (Å²) in [5, 5.41) is 5.44. The predicted molar refractivity (Wildman–Crippen MR) is 130 cm³/mol. The molecule has 172 valence electrons. The van der Waals surface area contributed by atoms with Crippen molar-refractivity contribution in [3.8, 4) is 5.75 Å². The Morgan fingerprint density at radius 2 is 2.03 bits per heavy atom. The number of carbonyl (C=O) groups is 1. The molecule has 7 nitrogen and oxygen atoms in total. The molecule has 0 saturated carbocycles. The molecule has 4 rings (SSSR count). The molecule has 0 spiro atoms. The van der Waals surface area contributed by atoms with Gasteiger partial charge in [0, 0.05) is 49.0 Å². The molecular weight excluding hydrogens is 436 g/mol. The Kier molecular flexibility index (Phi) is 7.83. The molecule has 1 aliphatic heterocycles. The fourth-order valence-corrected chi connectivity index (χ4v) is 4.43. The lowest BCUT2D eigenvalue weighted by atomic mass is 10.2. The molecule has 33 heavy (non-hydrogen) atoms. The monoisotopic (exact) mass is 464 g/mol. The third-order valence-electron chi connectivity index (χ3n) is 5.10. The molecule has 2 unspecified atom stereocenters. The van der Waals surface area contributed by atoms with Gasteiger partial charge in [-0.1, -0.05) is 18.2 Å². The highest BCUT2D eigenvalue weighted by Crippen LogP contribution is 2.20. The van der Waals surface area contributed by atoms with Crippen LogP contribution in [0.1, 0.15) is 30.7 Å². The molecule has 0 bridgehead atoms. The van der Waals surface area contributed by atoms with Crippen LogP contribution in [0.4, 0.5) is 5.13 Å². The Balaban J connectivity index is 1.24. The zero-order valence-corrected chi connectivity index (χ0v) is 19.6. The van der Waals surface area contributed by atoms with Gasteiger partial charge >= 0.3 is 0 Å². The summed E-state index contributed by atoms with van der Waals surface area (Å²) in [7, 11) is 0. The number of thiazole rings is 1. The molecule has 1 aliphatic rings. The number of ether oxygens (including phenoxy) is 2. The first-order valence-electron chi connectivity index (χ1n) is 11.0. The van der Waals surface area contributed by atoms with E-state index in [0.717, 1.165) is 42.2 Å². The lowest BCUT2D eigenvalue weighted by molar-refractivity contribution is -0.111. The second kappa shape index (κ2) is 11.2. The fraction of sp³-hybridized carbons (Fsp3) is 0.320. The zero-order valence-electron chi connectivity index (χ0n) is 18.8. The third-order valence-corrected chi connectivity index (χ3v) is 5.90. The standard InChI is InChI=1S/C25H28N4O3S/c1-18-13-29(14-19(2)32-18)15-22-17-33-25(27-22)28-24(30)10-7-20-5-8-23(9-6-20)31-16-21-4-3-11-26-12-21/h3-12,17-19H,13-16H2,1-2H3,(H,27,28,30)/b10-7+. The van der Waals surface area contributed by atoms with Crippen molar-refractivity contribution in [1.82, 2.24) is 14.9 Å². The van der Waals surface area contributed by atoms with Gasteiger partial charge in [-0.05, 0) is 43.7 Å². The molecule has 0 aliphatic carbocycles. The summed E-state index contributed by atoms with van der Waals surface area (Å²) in [6.45, 7) is 7.18. The number of aromatic nitrogens is 2. The summed E-state index contributed by atoms with van der Waals surface area (Å²) in [6, 6.07) is 11.4. The van der Waals surface area contributed by atoms with Gasteiger partial charge in [-0.3, -0.25) is 20.0 Å². The van der Waals surface area contributed by atoms with E-state index in [0.29, 0.717) is 11.7 Å². The van der Waals surface area contributed by atoms with Crippen molar-refractivity contribution < 1.29 is 14.3 Å². The molecule has 3 aromatic rings. The first-order chi connectivity index (χ1) is 16.0. The molecular formula is C25H28N4O3S. The van der Waals surface area contributed by atoms with Crippen molar-refractivity contribution in [2.45, 2.75) is 39.2 Å². The van der Waals surface area contributed by atoms with Gasteiger partial charge in [0.25, 0.3) is 0 Å². The van der Waals surface area contributed by atoms with E-state index in [1.807, 2.05) is 41.8 Å². The number of carbonyl (C=O) groups excluding carboxylic acids is 1. The number of hydrogen-bond donors (Lipinski definition) is 1. The Morgan fingerprint density at radius 3 is 2.76 bits per heavy atom. The Bertz CT molecular complexity index is 1060. The largest absolute Gasteiger partial charge is 0.489 e. The molecule has 1 fully saturated rings. The van der Waals surface area contributed by atoms with Gasteiger partial charge < -0.3 is 9.47 Å². The Hall–Kier alpha value is -3.07. The van der Waals surface area contributed by atoms with E-state index in [1.165, 1.54) is 17.4 Å². The topological polar surface area (TPSA) is 76.6 Å². The maximum absolute atomic E-state index is 12.3. The normalized spacial score (nSPS) is 19.0. The van der Waals surface area contributed by atoms with Crippen LogP contribution >= 0.6 is 11.3 Å². The highest BCUT2D eigenvalue weighted by molar-refractivity contribution is 7.13. The van der Waals surface area contributed by atoms with Crippen LogP contribution < -0.4 is 10.1 Å². The molecule has 2 atom stereocenters. The van der Waals surface area contributed by atoms with Crippen molar-refractivity contribution in [3.63, 3.8) is 0 Å². The second-order valence-corrected chi connectivity index (χ2v) is 9.00. The zero-order chi connectivity index (χ0) is 23.0. The van der Waals surface area contributed by atoms with E-state index in [9.17, 15) is 4.79 Å². The minimum atomic E-state index is -0.207. The smallest absolute Gasteiger partial charge is 0.250 e. The van der Waals surface area contributed by atoms with Crippen LogP contribution in [0.3, 0.4) is 0 Å². The number of amides is 1. The second-order valence-electron chi connectivity index (χ2n) is 8.14. The molecule has 1 amide bonds. The number of morpholine rings is 1. The Labute approximate surface area is 198 Å². The number of rotatable bonds is 8. The average molecular weight is 465 g/mol. The summed E-state index contributed by atoms with van der Waals surface area (Å²) < 4.78 is 11.5. The highest BCUT2D eigenvalue weighted by Gasteiger charge is 2.22. The summed E-state index contributed by atoms with van der Waals surface area (Å²) >= 11 is 1.44. The van der Waals surface area contributed by atoms with Gasteiger partial charge in [0.1, 0.15) is 12.4 Å². The number of benzene rings is 1. The van der Waals surface area contributed by atoms with Crippen LogP contribution in [0.5, 0.6) is 5.75 Å². The van der Waals surface area contributed by atoms with Crippen molar-refractivity contribution in [2.24, 2.45) is 0 Å². The maximum Gasteiger partial charge on any atom is 0.250 e. The quantitative estimate of drug-likeness (QED) is 0.499. The molecule has 2 aromatic heterocycles. The van der Waals surface area contributed by atoms with Crippen molar-refractivity contribution >= 4 is 28.5 Å². The number of nitrogens with zero attached hydrogens (tertiary/aromatic N) is 3. The van der Waals surface area contributed by atoms with Gasteiger partial charge in [0.15, 0.2) is 5.13 Å².